The molecule has 3 aromatic carbocycles. The molecule has 2 atom stereocenters. The fourth-order valence-electron chi connectivity index (χ4n) is 4.67. The molecule has 5 N–H and O–H groups in total. The number of carbonyl (C=O) groups is 3. The van der Waals surface area contributed by atoms with Crippen LogP contribution < -0.4 is 31.2 Å². The van der Waals surface area contributed by atoms with Gasteiger partial charge in [-0.2, -0.15) is 0 Å². The van der Waals surface area contributed by atoms with Crippen molar-refractivity contribution >= 4 is 17.7 Å². The van der Waals surface area contributed by atoms with Crippen molar-refractivity contribution in [3.8, 4) is 11.6 Å². The zero-order chi connectivity index (χ0) is 32.0. The molecule has 0 bridgehead atoms. The van der Waals surface area contributed by atoms with Crippen LogP contribution in [0.3, 0.4) is 0 Å². The van der Waals surface area contributed by atoms with Crippen molar-refractivity contribution in [3.05, 3.63) is 125 Å². The third-order valence-corrected chi connectivity index (χ3v) is 7.14. The largest absolute Gasteiger partial charge is 0.494 e. The molecule has 0 aliphatic heterocycles. The van der Waals surface area contributed by atoms with Gasteiger partial charge in [0.15, 0.2) is 0 Å². The average molecular weight is 610 g/mol. The topological polar surface area (TPSA) is 145 Å². The smallest absolute Gasteiger partial charge is 0.252 e. The molecular formula is C35H39N5O5. The summed E-state index contributed by atoms with van der Waals surface area (Å²) in [5, 5.41) is 8.69. The predicted molar refractivity (Wildman–Crippen MR) is 172 cm³/mol. The Morgan fingerprint density at radius 1 is 0.778 bits per heavy atom. The molecule has 1 aromatic heterocycles. The van der Waals surface area contributed by atoms with Crippen LogP contribution in [0.25, 0.3) is 0 Å². The number of nitrogens with one attached hydrogen (secondary N) is 3. The summed E-state index contributed by atoms with van der Waals surface area (Å²) in [5.41, 5.74) is 9.55. The van der Waals surface area contributed by atoms with Gasteiger partial charge in [0.25, 0.3) is 5.91 Å². The summed E-state index contributed by atoms with van der Waals surface area (Å²) in [6, 6.07) is 25.5. The van der Waals surface area contributed by atoms with E-state index in [4.69, 9.17) is 15.2 Å². The van der Waals surface area contributed by atoms with Gasteiger partial charge in [-0.1, -0.05) is 66.7 Å². The van der Waals surface area contributed by atoms with E-state index in [0.717, 1.165) is 22.3 Å². The van der Waals surface area contributed by atoms with Crippen molar-refractivity contribution in [2.75, 3.05) is 13.7 Å². The second-order valence-corrected chi connectivity index (χ2v) is 10.4. The van der Waals surface area contributed by atoms with E-state index in [1.807, 2.05) is 85.8 Å². The Morgan fingerprint density at radius 2 is 1.40 bits per heavy atom. The van der Waals surface area contributed by atoms with Gasteiger partial charge < -0.3 is 31.2 Å². The van der Waals surface area contributed by atoms with Gasteiger partial charge in [0.1, 0.15) is 17.8 Å². The minimum atomic E-state index is -0.996. The van der Waals surface area contributed by atoms with Gasteiger partial charge in [0.05, 0.1) is 13.7 Å². The summed E-state index contributed by atoms with van der Waals surface area (Å²) in [4.78, 5) is 44.7. The lowest BCUT2D eigenvalue weighted by Crippen LogP contribution is -2.55. The molecule has 4 aromatic rings. The first-order valence-corrected chi connectivity index (χ1v) is 14.8. The Hall–Kier alpha value is -5.22. The first kappa shape index (κ1) is 32.7. The molecule has 0 fully saturated rings. The number of aromatic nitrogens is 1. The third-order valence-electron chi connectivity index (χ3n) is 7.14. The fraction of sp³-hybridized carbons (Fsp3) is 0.257. The number of nitrogens with two attached hydrogens (primary N) is 1. The minimum Gasteiger partial charge on any atom is -0.494 e. The van der Waals surface area contributed by atoms with Gasteiger partial charge in [0, 0.05) is 43.8 Å². The number of hydrogen-bond acceptors (Lipinski definition) is 7. The molecule has 0 aliphatic rings. The lowest BCUT2D eigenvalue weighted by molar-refractivity contribution is -0.130. The number of pyridine rings is 1. The van der Waals surface area contributed by atoms with Crippen molar-refractivity contribution in [3.63, 3.8) is 0 Å². The molecule has 234 valence electrons. The highest BCUT2D eigenvalue weighted by molar-refractivity contribution is 5.98. The van der Waals surface area contributed by atoms with Crippen LogP contribution in [0.5, 0.6) is 11.6 Å². The number of hydrogen-bond donors (Lipinski definition) is 4. The molecule has 0 spiro atoms. The molecule has 10 nitrogen and oxygen atoms in total. The quantitative estimate of drug-likeness (QED) is 0.162. The summed E-state index contributed by atoms with van der Waals surface area (Å²) in [6.45, 7) is 3.14. The van der Waals surface area contributed by atoms with Crippen LogP contribution in [0, 0.1) is 0 Å². The lowest BCUT2D eigenvalue weighted by atomic mass is 10.0. The van der Waals surface area contributed by atoms with Crippen molar-refractivity contribution in [2.45, 2.75) is 44.9 Å². The van der Waals surface area contributed by atoms with Gasteiger partial charge >= 0.3 is 0 Å². The van der Waals surface area contributed by atoms with E-state index in [0.29, 0.717) is 18.9 Å². The van der Waals surface area contributed by atoms with Gasteiger partial charge in [-0.25, -0.2) is 4.98 Å². The average Bonchev–Trinajstić information content (AvgIpc) is 3.08. The Morgan fingerprint density at radius 3 is 2.04 bits per heavy atom. The van der Waals surface area contributed by atoms with E-state index in [1.165, 1.54) is 25.4 Å². The van der Waals surface area contributed by atoms with Crippen LogP contribution in [0.4, 0.5) is 0 Å². The van der Waals surface area contributed by atoms with E-state index < -0.39 is 23.9 Å². The molecule has 2 unspecified atom stereocenters. The summed E-state index contributed by atoms with van der Waals surface area (Å²) in [7, 11) is 1.46. The van der Waals surface area contributed by atoms with Crippen LogP contribution in [0.2, 0.25) is 0 Å². The second-order valence-electron chi connectivity index (χ2n) is 10.4. The predicted octanol–water partition coefficient (Wildman–Crippen LogP) is 3.33. The standard InChI is InChI=1S/C35H39N5O5/c1-3-45-29-15-13-25(14-16-29)20-31(39-33(41)28-17-18-37-32(21-28)44-2)35(43)40-30(19-24-7-5-4-6-8-24)34(42)38-23-27-11-9-26(22-36)10-12-27/h4-18,21,30-31H,3,19-20,22-23,36H2,1-2H3,(H,38,42)(H,39,41)(H,40,43). The van der Waals surface area contributed by atoms with Crippen molar-refractivity contribution < 1.29 is 23.9 Å². The Labute approximate surface area is 263 Å². The number of methoxy groups -OCH3 is 1. The van der Waals surface area contributed by atoms with E-state index in [9.17, 15) is 14.4 Å². The summed E-state index contributed by atoms with van der Waals surface area (Å²) in [6.07, 6.45) is 1.90. The van der Waals surface area contributed by atoms with E-state index >= 15 is 0 Å². The number of benzene rings is 3. The number of ether oxygens (including phenoxy) is 2. The Balaban J connectivity index is 1.55. The van der Waals surface area contributed by atoms with Crippen LogP contribution >= 0.6 is 0 Å². The van der Waals surface area contributed by atoms with Crippen molar-refractivity contribution in [1.29, 1.82) is 0 Å². The third kappa shape index (κ3) is 9.90. The molecule has 0 saturated carbocycles. The highest BCUT2D eigenvalue weighted by atomic mass is 16.5. The lowest BCUT2D eigenvalue weighted by Gasteiger charge is -2.24. The zero-order valence-corrected chi connectivity index (χ0v) is 25.5. The van der Waals surface area contributed by atoms with Crippen molar-refractivity contribution in [2.24, 2.45) is 5.73 Å². The summed E-state index contributed by atoms with van der Waals surface area (Å²) in [5.74, 6) is -0.353. The highest BCUT2D eigenvalue weighted by Gasteiger charge is 2.28. The van der Waals surface area contributed by atoms with Crippen LogP contribution in [0.1, 0.15) is 39.5 Å². The van der Waals surface area contributed by atoms with Gasteiger partial charge in [-0.15, -0.1) is 0 Å². The Bertz CT molecular complexity index is 1550. The molecule has 4 rings (SSSR count). The maximum Gasteiger partial charge on any atom is 0.252 e. The van der Waals surface area contributed by atoms with E-state index in [1.54, 1.807) is 0 Å². The van der Waals surface area contributed by atoms with E-state index in [2.05, 4.69) is 20.9 Å². The molecule has 0 aliphatic carbocycles. The first-order chi connectivity index (χ1) is 21.9. The summed E-state index contributed by atoms with van der Waals surface area (Å²) < 4.78 is 10.7. The molecular weight excluding hydrogens is 570 g/mol. The normalized spacial score (nSPS) is 12.0. The molecule has 0 radical (unpaired) electrons. The molecule has 3 amide bonds. The van der Waals surface area contributed by atoms with Gasteiger partial charge in [-0.3, -0.25) is 14.4 Å². The number of carbonyl (C=O) groups excluding carboxylic acids is 3. The maximum absolute atomic E-state index is 13.9. The fourth-order valence-corrected chi connectivity index (χ4v) is 4.67. The SMILES string of the molecule is CCOc1ccc(CC(NC(=O)c2ccnc(OC)c2)C(=O)NC(Cc2ccccc2)C(=O)NCc2ccc(CN)cc2)cc1. The maximum atomic E-state index is 13.9. The Kier molecular flexibility index (Phi) is 12.0. The first-order valence-electron chi connectivity index (χ1n) is 14.8. The van der Waals surface area contributed by atoms with Gasteiger partial charge in [-0.05, 0) is 47.4 Å². The molecule has 45 heavy (non-hydrogen) atoms. The molecule has 0 saturated heterocycles. The number of nitrogens with zero attached hydrogens (tertiary/aromatic N) is 1. The minimum absolute atomic E-state index is 0.180. The number of rotatable bonds is 15. The van der Waals surface area contributed by atoms with Crippen LogP contribution in [0.15, 0.2) is 97.2 Å². The summed E-state index contributed by atoms with van der Waals surface area (Å²) >= 11 is 0. The second kappa shape index (κ2) is 16.6. The molecule has 1 heterocycles. The van der Waals surface area contributed by atoms with Crippen molar-refractivity contribution in [1.82, 2.24) is 20.9 Å². The van der Waals surface area contributed by atoms with Crippen LogP contribution in [-0.2, 0) is 35.5 Å². The molecule has 10 heteroatoms. The monoisotopic (exact) mass is 609 g/mol. The van der Waals surface area contributed by atoms with Crippen LogP contribution in [-0.4, -0.2) is 48.5 Å². The van der Waals surface area contributed by atoms with Gasteiger partial charge in [0.2, 0.25) is 17.7 Å². The highest BCUT2D eigenvalue weighted by Crippen LogP contribution is 2.15. The zero-order valence-electron chi connectivity index (χ0n) is 25.5. The van der Waals surface area contributed by atoms with E-state index in [-0.39, 0.29) is 36.7 Å². The number of amides is 3.